The van der Waals surface area contributed by atoms with Crippen molar-refractivity contribution in [3.8, 4) is 22.6 Å². The molecule has 6 rings (SSSR count). The fraction of sp³-hybridized carbons (Fsp3) is 0.250. The maximum absolute atomic E-state index is 10.0. The van der Waals surface area contributed by atoms with Crippen LogP contribution in [0.3, 0.4) is 0 Å². The summed E-state index contributed by atoms with van der Waals surface area (Å²) < 4.78 is 12.4. The average Bonchev–Trinajstić information content (AvgIpc) is 3.47. The van der Waals surface area contributed by atoms with Crippen LogP contribution < -0.4 is 0 Å². The van der Waals surface area contributed by atoms with Crippen LogP contribution in [0, 0.1) is 26.8 Å². The Hall–Kier alpha value is -4.06. The Morgan fingerprint density at radius 1 is 0.907 bits per heavy atom. The quantitative estimate of drug-likeness (QED) is 0.110. The molecule has 0 spiro atoms. The normalized spacial score (nSPS) is 11.9. The van der Waals surface area contributed by atoms with Crippen molar-refractivity contribution in [3.05, 3.63) is 94.9 Å². The number of aromatic nitrogens is 2. The molecule has 0 atom stereocenters. The number of fused-ring (bicyclic) bond motifs is 4. The second-order valence-corrected chi connectivity index (χ2v) is 11.8. The number of nitrogens with zero attached hydrogens (tertiary/aromatic N) is 2. The fourth-order valence-electron chi connectivity index (χ4n) is 5.17. The standard InChI is InChI=1S/C31H27N2O2.C5H8O2.Ir/c1-17-14-20(31(4,5)6)15-18(2)28(17)27-16-25-26(34-27)13-12-24(33-25)23-9-7-8-21-22-11-10-19(3)32-30(22)35-29(21)23;1-4(6)3-5(2)7;/h7-8,10-16H,1-6H3;3,6H,1-2H3;/q-1;;/b;4-3-;. The molecule has 7 heteroatoms. The number of hydrogen-bond acceptors (Lipinski definition) is 6. The van der Waals surface area contributed by atoms with Crippen LogP contribution in [0.4, 0.5) is 0 Å². The van der Waals surface area contributed by atoms with Crippen LogP contribution in [0.1, 0.15) is 57.0 Å². The summed E-state index contributed by atoms with van der Waals surface area (Å²) in [5.74, 6) is 0.776. The molecule has 0 saturated heterocycles. The van der Waals surface area contributed by atoms with Crippen LogP contribution in [0.15, 0.2) is 75.3 Å². The molecule has 6 aromatic rings. The molecule has 4 heterocycles. The minimum atomic E-state index is -0.125. The molecule has 1 radical (unpaired) electrons. The number of ketones is 1. The largest absolute Gasteiger partial charge is 0.512 e. The van der Waals surface area contributed by atoms with Crippen LogP contribution in [0.5, 0.6) is 0 Å². The molecule has 4 aromatic heterocycles. The molecule has 6 nitrogen and oxygen atoms in total. The molecule has 1 N–H and O–H groups in total. The Balaban J connectivity index is 0.000000475. The molecule has 2 aromatic carbocycles. The summed E-state index contributed by atoms with van der Waals surface area (Å²) in [6.07, 6.45) is 1.17. The van der Waals surface area contributed by atoms with Crippen molar-refractivity contribution < 1.29 is 38.8 Å². The first-order chi connectivity index (χ1) is 19.8. The first kappa shape index (κ1) is 31.9. The molecule has 0 fully saturated rings. The number of allylic oxidation sites excluding steroid dienone is 2. The number of furan rings is 2. The van der Waals surface area contributed by atoms with Crippen LogP contribution in [-0.2, 0) is 30.3 Å². The molecule has 0 saturated carbocycles. The van der Waals surface area contributed by atoms with Gasteiger partial charge in [0.05, 0.1) is 16.9 Å². The van der Waals surface area contributed by atoms with Crippen molar-refractivity contribution in [2.45, 2.75) is 60.8 Å². The molecule has 223 valence electrons. The van der Waals surface area contributed by atoms with Gasteiger partial charge in [0, 0.05) is 48.9 Å². The van der Waals surface area contributed by atoms with Crippen molar-refractivity contribution in [2.75, 3.05) is 0 Å². The van der Waals surface area contributed by atoms with E-state index in [0.29, 0.717) is 5.71 Å². The molecule has 0 aliphatic carbocycles. The van der Waals surface area contributed by atoms with Crippen LogP contribution in [-0.4, -0.2) is 20.9 Å². The maximum Gasteiger partial charge on any atom is 0.216 e. The number of aliphatic hydroxyl groups is 1. The molecule has 0 aliphatic rings. The summed E-state index contributed by atoms with van der Waals surface area (Å²) in [7, 11) is 0. The van der Waals surface area contributed by atoms with E-state index in [1.54, 1.807) is 0 Å². The van der Waals surface area contributed by atoms with E-state index in [4.69, 9.17) is 18.9 Å². The van der Waals surface area contributed by atoms with Gasteiger partial charge in [0.1, 0.15) is 5.76 Å². The zero-order valence-corrected chi connectivity index (χ0v) is 28.1. The average molecular weight is 752 g/mol. The third-order valence-corrected chi connectivity index (χ3v) is 7.12. The summed E-state index contributed by atoms with van der Waals surface area (Å²) in [4.78, 5) is 19.5. The van der Waals surface area contributed by atoms with Crippen molar-refractivity contribution >= 4 is 39.0 Å². The van der Waals surface area contributed by atoms with Crippen molar-refractivity contribution in [3.63, 3.8) is 0 Å². The van der Waals surface area contributed by atoms with Crippen LogP contribution in [0.25, 0.3) is 55.7 Å². The monoisotopic (exact) mass is 752 g/mol. The zero-order chi connectivity index (χ0) is 30.3. The fourth-order valence-corrected chi connectivity index (χ4v) is 5.17. The number of carbonyl (C=O) groups is 1. The van der Waals surface area contributed by atoms with E-state index in [0.717, 1.165) is 55.7 Å². The van der Waals surface area contributed by atoms with Crippen LogP contribution in [0.2, 0.25) is 0 Å². The number of hydrogen-bond donors (Lipinski definition) is 1. The van der Waals surface area contributed by atoms with E-state index >= 15 is 0 Å². The van der Waals surface area contributed by atoms with Gasteiger partial charge >= 0.3 is 0 Å². The van der Waals surface area contributed by atoms with Gasteiger partial charge in [0.15, 0.2) is 11.4 Å². The SMILES string of the molecule is CC(=O)/C=C(/C)O.Cc1ccc2c(n1)oc1c(-c3ccc4oc(-c5c(C)cc(C(C)(C)C)cc5C)cc4n3)[c-]ccc12.[Ir]. The summed E-state index contributed by atoms with van der Waals surface area (Å²) in [5, 5.41) is 10.4. The molecule has 0 amide bonds. The predicted molar refractivity (Wildman–Crippen MR) is 169 cm³/mol. The Morgan fingerprint density at radius 3 is 2.21 bits per heavy atom. The minimum Gasteiger partial charge on any atom is -0.512 e. The molecule has 0 bridgehead atoms. The molecule has 43 heavy (non-hydrogen) atoms. The predicted octanol–water partition coefficient (Wildman–Crippen LogP) is 9.51. The smallest absolute Gasteiger partial charge is 0.216 e. The molecule has 0 unspecified atom stereocenters. The van der Waals surface area contributed by atoms with Gasteiger partial charge in [0.2, 0.25) is 5.71 Å². The molecular formula is C36H35IrN2O4-. The van der Waals surface area contributed by atoms with E-state index < -0.39 is 0 Å². The zero-order valence-electron chi connectivity index (χ0n) is 25.7. The van der Waals surface area contributed by atoms with Gasteiger partial charge in [-0.15, -0.1) is 18.2 Å². The summed E-state index contributed by atoms with van der Waals surface area (Å²) in [5.41, 5.74) is 10.5. The molecular weight excluding hydrogens is 717 g/mol. The third-order valence-electron chi connectivity index (χ3n) is 7.12. The second kappa shape index (κ2) is 12.3. The summed E-state index contributed by atoms with van der Waals surface area (Å²) in [6.45, 7) is 15.8. The van der Waals surface area contributed by atoms with E-state index in [2.05, 4.69) is 63.9 Å². The third kappa shape index (κ3) is 6.64. The first-order valence-electron chi connectivity index (χ1n) is 13.9. The maximum atomic E-state index is 10.0. The van der Waals surface area contributed by atoms with Gasteiger partial charge in [0.25, 0.3) is 0 Å². The van der Waals surface area contributed by atoms with Crippen molar-refractivity contribution in [2.24, 2.45) is 0 Å². The second-order valence-electron chi connectivity index (χ2n) is 11.8. The topological polar surface area (TPSA) is 89.4 Å². The van der Waals surface area contributed by atoms with Crippen molar-refractivity contribution in [1.82, 2.24) is 9.97 Å². The number of carbonyl (C=O) groups excluding carboxylic acids is 1. The van der Waals surface area contributed by atoms with Crippen molar-refractivity contribution in [1.29, 1.82) is 0 Å². The Bertz CT molecular complexity index is 1980. The number of aliphatic hydroxyl groups excluding tert-OH is 1. The Kier molecular flexibility index (Phi) is 9.10. The summed E-state index contributed by atoms with van der Waals surface area (Å²) in [6, 6.07) is 21.8. The Labute approximate surface area is 265 Å². The van der Waals surface area contributed by atoms with Gasteiger partial charge in [-0.1, -0.05) is 49.9 Å². The number of pyridine rings is 2. The summed E-state index contributed by atoms with van der Waals surface area (Å²) >= 11 is 0. The van der Waals surface area contributed by atoms with Gasteiger partial charge < -0.3 is 13.9 Å². The van der Waals surface area contributed by atoms with E-state index in [1.165, 1.54) is 36.6 Å². The Morgan fingerprint density at radius 2 is 1.60 bits per heavy atom. The number of aryl methyl sites for hydroxylation is 3. The van der Waals surface area contributed by atoms with E-state index in [9.17, 15) is 4.79 Å². The minimum absolute atomic E-state index is 0. The van der Waals surface area contributed by atoms with Gasteiger partial charge in [-0.05, 0) is 80.6 Å². The van der Waals surface area contributed by atoms with E-state index in [1.807, 2.05) is 43.3 Å². The van der Waals surface area contributed by atoms with E-state index in [-0.39, 0.29) is 37.1 Å². The number of rotatable bonds is 3. The van der Waals surface area contributed by atoms with Gasteiger partial charge in [-0.25, -0.2) is 4.98 Å². The van der Waals surface area contributed by atoms with Crippen LogP contribution >= 0.6 is 0 Å². The first-order valence-corrected chi connectivity index (χ1v) is 13.9. The number of benzene rings is 2. The van der Waals surface area contributed by atoms with Gasteiger partial charge in [-0.3, -0.25) is 9.78 Å². The molecule has 0 aliphatic heterocycles. The van der Waals surface area contributed by atoms with Gasteiger partial charge in [-0.2, -0.15) is 0 Å².